The van der Waals surface area contributed by atoms with Gasteiger partial charge in [0.1, 0.15) is 19.8 Å². The van der Waals surface area contributed by atoms with Gasteiger partial charge >= 0.3 is 0 Å². The second kappa shape index (κ2) is 4.82. The third kappa shape index (κ3) is 3.85. The van der Waals surface area contributed by atoms with Gasteiger partial charge < -0.3 is 0 Å². The summed E-state index contributed by atoms with van der Waals surface area (Å²) in [7, 11) is 2.11. The highest BCUT2D eigenvalue weighted by molar-refractivity contribution is 5.50. The maximum atomic E-state index is 2.24. The van der Waals surface area contributed by atoms with Crippen LogP contribution in [0.2, 0.25) is 0 Å². The Labute approximate surface area is 52.0 Å². The van der Waals surface area contributed by atoms with Crippen LogP contribution in [0.4, 0.5) is 0 Å². The molecule has 0 saturated heterocycles. The summed E-state index contributed by atoms with van der Waals surface area (Å²) in [4.78, 5) is 0. The average Bonchev–Trinajstić information content (AvgIpc) is 1.83. The standard InChI is InChI=1S/C7H16N/c1-4-6-7-8(3)5-2/h7H,4-6H2,1-3H3/q+1. The lowest BCUT2D eigenvalue weighted by Gasteiger charge is -1.87. The highest BCUT2D eigenvalue weighted by Gasteiger charge is 1.85. The molecule has 0 unspecified atom stereocenters. The van der Waals surface area contributed by atoms with Gasteiger partial charge in [0.05, 0.1) is 0 Å². The van der Waals surface area contributed by atoms with Crippen LogP contribution in [0.3, 0.4) is 0 Å². The minimum absolute atomic E-state index is 1.12. The van der Waals surface area contributed by atoms with E-state index in [-0.39, 0.29) is 0 Å². The number of hydrogen-bond acceptors (Lipinski definition) is 0. The van der Waals surface area contributed by atoms with E-state index >= 15 is 0 Å². The van der Waals surface area contributed by atoms with Gasteiger partial charge in [0.15, 0.2) is 0 Å². The largest absolute Gasteiger partial charge is 0.243 e. The average molecular weight is 114 g/mol. The van der Waals surface area contributed by atoms with Crippen LogP contribution in [0, 0.1) is 0 Å². The van der Waals surface area contributed by atoms with Crippen LogP contribution in [0.5, 0.6) is 0 Å². The van der Waals surface area contributed by atoms with Crippen LogP contribution < -0.4 is 0 Å². The van der Waals surface area contributed by atoms with Gasteiger partial charge in [0.25, 0.3) is 0 Å². The molecule has 0 atom stereocenters. The van der Waals surface area contributed by atoms with Crippen molar-refractivity contribution in [1.29, 1.82) is 0 Å². The van der Waals surface area contributed by atoms with E-state index in [0.717, 1.165) is 6.54 Å². The second-order valence-electron chi connectivity index (χ2n) is 2.04. The smallest absolute Gasteiger partial charge is 0.139 e. The highest BCUT2D eigenvalue weighted by atomic mass is 14.9. The molecule has 0 aliphatic heterocycles. The Balaban J connectivity index is 3.26. The Morgan fingerprint density at radius 2 is 2.00 bits per heavy atom. The van der Waals surface area contributed by atoms with Crippen molar-refractivity contribution in [3.63, 3.8) is 0 Å². The molecule has 0 aromatic rings. The van der Waals surface area contributed by atoms with Gasteiger partial charge in [-0.2, -0.15) is 0 Å². The Hall–Kier alpha value is -0.330. The Kier molecular flexibility index (Phi) is 4.62. The third-order valence-electron chi connectivity index (χ3n) is 1.23. The zero-order valence-electron chi connectivity index (χ0n) is 6.15. The molecule has 8 heavy (non-hydrogen) atoms. The van der Waals surface area contributed by atoms with Gasteiger partial charge in [0.2, 0.25) is 0 Å². The molecular formula is C7H16N+. The van der Waals surface area contributed by atoms with Gasteiger partial charge in [0, 0.05) is 6.42 Å². The van der Waals surface area contributed by atoms with E-state index in [1.807, 2.05) is 0 Å². The molecule has 0 fully saturated rings. The molecule has 0 amide bonds. The second-order valence-corrected chi connectivity index (χ2v) is 2.04. The molecule has 0 aromatic carbocycles. The van der Waals surface area contributed by atoms with Crippen molar-refractivity contribution < 1.29 is 4.58 Å². The monoisotopic (exact) mass is 114 g/mol. The Bertz CT molecular complexity index is 74.5. The number of nitrogens with zero attached hydrogens (tertiary/aromatic N) is 1. The van der Waals surface area contributed by atoms with Gasteiger partial charge in [-0.3, -0.25) is 0 Å². The third-order valence-corrected chi connectivity index (χ3v) is 1.23. The summed E-state index contributed by atoms with van der Waals surface area (Å²) in [5, 5.41) is 0. The summed E-state index contributed by atoms with van der Waals surface area (Å²) in [5.41, 5.74) is 0. The fourth-order valence-electron chi connectivity index (χ4n) is 0.479. The molecule has 0 aliphatic carbocycles. The first kappa shape index (κ1) is 7.67. The molecular weight excluding hydrogens is 98.1 g/mol. The lowest BCUT2D eigenvalue weighted by atomic mass is 10.4. The van der Waals surface area contributed by atoms with Crippen LogP contribution in [0.15, 0.2) is 0 Å². The fourth-order valence-corrected chi connectivity index (χ4v) is 0.479. The lowest BCUT2D eigenvalue weighted by Crippen LogP contribution is -2.04. The molecule has 48 valence electrons. The van der Waals surface area contributed by atoms with E-state index < -0.39 is 0 Å². The summed E-state index contributed by atoms with van der Waals surface area (Å²) in [5.74, 6) is 0. The fraction of sp³-hybridized carbons (Fsp3) is 0.857. The van der Waals surface area contributed by atoms with Crippen molar-refractivity contribution in [3.8, 4) is 0 Å². The van der Waals surface area contributed by atoms with E-state index in [9.17, 15) is 0 Å². The van der Waals surface area contributed by atoms with E-state index in [4.69, 9.17) is 0 Å². The lowest BCUT2D eigenvalue weighted by molar-refractivity contribution is -0.489. The molecule has 0 aliphatic rings. The number of hydrogen-bond donors (Lipinski definition) is 0. The van der Waals surface area contributed by atoms with Crippen LogP contribution >= 0.6 is 0 Å². The summed E-state index contributed by atoms with van der Waals surface area (Å²) in [6, 6.07) is 0. The Morgan fingerprint density at radius 1 is 1.38 bits per heavy atom. The van der Waals surface area contributed by atoms with Crippen LogP contribution in [-0.2, 0) is 0 Å². The van der Waals surface area contributed by atoms with Crippen LogP contribution in [-0.4, -0.2) is 24.4 Å². The van der Waals surface area contributed by atoms with Gasteiger partial charge in [-0.1, -0.05) is 6.92 Å². The molecule has 0 saturated carbocycles. The van der Waals surface area contributed by atoms with Gasteiger partial charge in [-0.25, -0.2) is 4.58 Å². The summed E-state index contributed by atoms with van der Waals surface area (Å²) in [6.45, 7) is 5.48. The first-order chi connectivity index (χ1) is 3.81. The Morgan fingerprint density at radius 3 is 2.38 bits per heavy atom. The molecule has 0 rings (SSSR count). The quantitative estimate of drug-likeness (QED) is 0.386. The zero-order valence-corrected chi connectivity index (χ0v) is 6.15. The maximum Gasteiger partial charge on any atom is 0.139 e. The first-order valence-corrected chi connectivity index (χ1v) is 3.34. The van der Waals surface area contributed by atoms with Crippen LogP contribution in [0.1, 0.15) is 26.7 Å². The van der Waals surface area contributed by atoms with E-state index in [0.29, 0.717) is 0 Å². The van der Waals surface area contributed by atoms with Crippen molar-refractivity contribution in [1.82, 2.24) is 0 Å². The molecule has 0 N–H and O–H groups in total. The van der Waals surface area contributed by atoms with E-state index in [2.05, 4.69) is 31.7 Å². The van der Waals surface area contributed by atoms with Crippen molar-refractivity contribution in [3.05, 3.63) is 0 Å². The SMILES string of the molecule is CCCC=[N+](C)CC. The highest BCUT2D eigenvalue weighted by Crippen LogP contribution is 1.79. The van der Waals surface area contributed by atoms with Crippen molar-refractivity contribution >= 4 is 6.21 Å². The number of unbranched alkanes of at least 4 members (excludes halogenated alkanes) is 1. The molecule has 0 aromatic heterocycles. The molecule has 0 bridgehead atoms. The molecule has 1 heteroatoms. The predicted octanol–water partition coefficient (Wildman–Crippen LogP) is 1.52. The van der Waals surface area contributed by atoms with Crippen molar-refractivity contribution in [2.75, 3.05) is 13.6 Å². The van der Waals surface area contributed by atoms with Crippen molar-refractivity contribution in [2.45, 2.75) is 26.7 Å². The maximum absolute atomic E-state index is 2.24. The van der Waals surface area contributed by atoms with Crippen LogP contribution in [0.25, 0.3) is 0 Å². The minimum atomic E-state index is 1.12. The van der Waals surface area contributed by atoms with Crippen molar-refractivity contribution in [2.24, 2.45) is 0 Å². The molecule has 0 radical (unpaired) electrons. The molecule has 0 spiro atoms. The topological polar surface area (TPSA) is 3.01 Å². The zero-order chi connectivity index (χ0) is 6.41. The predicted molar refractivity (Wildman–Crippen MR) is 37.7 cm³/mol. The van der Waals surface area contributed by atoms with E-state index in [1.165, 1.54) is 12.8 Å². The first-order valence-electron chi connectivity index (χ1n) is 3.34. The van der Waals surface area contributed by atoms with Gasteiger partial charge in [-0.05, 0) is 13.3 Å². The minimum Gasteiger partial charge on any atom is -0.243 e. The normalized spacial score (nSPS) is 12.1. The number of rotatable bonds is 3. The summed E-state index contributed by atoms with van der Waals surface area (Å²) in [6.07, 6.45) is 4.70. The summed E-state index contributed by atoms with van der Waals surface area (Å²) < 4.78 is 2.21. The molecule has 1 nitrogen and oxygen atoms in total. The molecule has 0 heterocycles. The summed E-state index contributed by atoms with van der Waals surface area (Å²) >= 11 is 0. The van der Waals surface area contributed by atoms with Gasteiger partial charge in [-0.15, -0.1) is 0 Å². The van der Waals surface area contributed by atoms with E-state index in [1.54, 1.807) is 0 Å².